The van der Waals surface area contributed by atoms with E-state index in [1.165, 1.54) is 13.1 Å². The Morgan fingerprint density at radius 3 is 1.75 bits per heavy atom. The summed E-state index contributed by atoms with van der Waals surface area (Å²) in [6.07, 6.45) is -3.27. The van der Waals surface area contributed by atoms with Crippen molar-refractivity contribution in [3.8, 4) is 0 Å². The molecule has 0 radical (unpaired) electrons. The van der Waals surface area contributed by atoms with Crippen molar-refractivity contribution in [2.75, 3.05) is 0 Å². The van der Waals surface area contributed by atoms with Crippen LogP contribution in [0.1, 0.15) is 44.8 Å². The maximum Gasteiger partial charge on any atom is 0.451 e. The van der Waals surface area contributed by atoms with Crippen molar-refractivity contribution >= 4 is 0 Å². The van der Waals surface area contributed by atoms with Gasteiger partial charge in [-0.3, -0.25) is 0 Å². The van der Waals surface area contributed by atoms with E-state index < -0.39 is 12.0 Å². The first-order chi connectivity index (χ1) is 7.41. The van der Waals surface area contributed by atoms with Crippen LogP contribution in [0.25, 0.3) is 0 Å². The van der Waals surface area contributed by atoms with Gasteiger partial charge in [0, 0.05) is 11.9 Å². The first-order valence-corrected chi connectivity index (χ1v) is 5.28. The number of alkyl halides is 3. The van der Waals surface area contributed by atoms with E-state index in [1.54, 1.807) is 6.92 Å². The summed E-state index contributed by atoms with van der Waals surface area (Å²) in [6.45, 7) is 11.2. The molecule has 1 heterocycles. The highest BCUT2D eigenvalue weighted by Gasteiger charge is 2.34. The van der Waals surface area contributed by atoms with E-state index in [4.69, 9.17) is 0 Å². The third-order valence-corrected chi connectivity index (χ3v) is 1.48. The Labute approximate surface area is 94.9 Å². The van der Waals surface area contributed by atoms with Crippen LogP contribution in [0.5, 0.6) is 0 Å². The summed E-state index contributed by atoms with van der Waals surface area (Å²) >= 11 is 0. The van der Waals surface area contributed by atoms with Crippen molar-refractivity contribution < 1.29 is 13.2 Å². The molecule has 0 saturated carbocycles. The summed E-state index contributed by atoms with van der Waals surface area (Å²) in [5.41, 5.74) is 1.01. The van der Waals surface area contributed by atoms with Crippen molar-refractivity contribution in [1.82, 2.24) is 9.97 Å². The third-order valence-electron chi connectivity index (χ3n) is 1.48. The van der Waals surface area contributed by atoms with Gasteiger partial charge in [0.1, 0.15) is 0 Å². The van der Waals surface area contributed by atoms with E-state index in [1.807, 2.05) is 27.7 Å². The second kappa shape index (κ2) is 8.07. The Kier molecular flexibility index (Phi) is 8.71. The van der Waals surface area contributed by atoms with Gasteiger partial charge in [0.05, 0.1) is 0 Å². The third kappa shape index (κ3) is 5.68. The first-order valence-electron chi connectivity index (χ1n) is 5.28. The van der Waals surface area contributed by atoms with Crippen LogP contribution in [0.4, 0.5) is 13.2 Å². The lowest BCUT2D eigenvalue weighted by Gasteiger charge is -2.05. The Morgan fingerprint density at radius 1 is 1.00 bits per heavy atom. The highest BCUT2D eigenvalue weighted by atomic mass is 19.4. The number of hydrogen-bond acceptors (Lipinski definition) is 2. The molecule has 0 aliphatic carbocycles. The first kappa shape index (κ1) is 17.3. The Hall–Kier alpha value is -1.13. The van der Waals surface area contributed by atoms with Gasteiger partial charge >= 0.3 is 6.18 Å². The monoisotopic (exact) mass is 236 g/mol. The normalized spacial score (nSPS) is 9.56. The molecule has 0 saturated heterocycles. The summed E-state index contributed by atoms with van der Waals surface area (Å²) in [7, 11) is 0. The number of nitrogens with zero attached hydrogens (tertiary/aromatic N) is 2. The van der Waals surface area contributed by atoms with Gasteiger partial charge in [0.2, 0.25) is 5.82 Å². The molecule has 0 aromatic carbocycles. The molecule has 0 spiro atoms. The predicted octanol–water partition coefficient (Wildman–Crippen LogP) is 4.16. The summed E-state index contributed by atoms with van der Waals surface area (Å²) in [6, 6.07) is 0. The van der Waals surface area contributed by atoms with E-state index in [9.17, 15) is 13.2 Å². The fourth-order valence-corrected chi connectivity index (χ4v) is 0.664. The highest BCUT2D eigenvalue weighted by Crippen LogP contribution is 2.25. The molecule has 0 aliphatic heterocycles. The molecule has 1 rings (SSSR count). The maximum atomic E-state index is 12.0. The summed E-state index contributed by atoms with van der Waals surface area (Å²) in [5.74, 6) is -1.08. The minimum Gasteiger partial charge on any atom is -0.233 e. The molecule has 16 heavy (non-hydrogen) atoms. The van der Waals surface area contributed by atoms with E-state index in [0.29, 0.717) is 11.3 Å². The molecule has 0 N–H and O–H groups in total. The molecular weight excluding hydrogens is 217 g/mol. The van der Waals surface area contributed by atoms with Crippen molar-refractivity contribution in [1.29, 1.82) is 0 Å². The van der Waals surface area contributed by atoms with Gasteiger partial charge in [-0.1, -0.05) is 27.7 Å². The molecule has 0 fully saturated rings. The molecule has 1 aromatic rings. The van der Waals surface area contributed by atoms with Crippen LogP contribution < -0.4 is 0 Å². The van der Waals surface area contributed by atoms with Gasteiger partial charge in [-0.25, -0.2) is 9.97 Å². The van der Waals surface area contributed by atoms with Crippen molar-refractivity contribution in [3.05, 3.63) is 23.3 Å². The van der Waals surface area contributed by atoms with Crippen LogP contribution in [-0.2, 0) is 6.18 Å². The topological polar surface area (TPSA) is 25.8 Å². The summed E-state index contributed by atoms with van der Waals surface area (Å²) < 4.78 is 35.9. The lowest BCUT2D eigenvalue weighted by molar-refractivity contribution is -0.145. The smallest absolute Gasteiger partial charge is 0.233 e. The molecule has 94 valence electrons. The predicted molar refractivity (Wildman–Crippen MR) is 59.2 cm³/mol. The molecule has 0 bridgehead atoms. The number of halogens is 3. The van der Waals surface area contributed by atoms with Crippen LogP contribution in [0.2, 0.25) is 0 Å². The van der Waals surface area contributed by atoms with Crippen LogP contribution in [0, 0.1) is 13.8 Å². The fourth-order valence-electron chi connectivity index (χ4n) is 0.664. The average molecular weight is 236 g/mol. The molecule has 0 amide bonds. The van der Waals surface area contributed by atoms with E-state index in [2.05, 4.69) is 9.97 Å². The lowest BCUT2D eigenvalue weighted by atomic mass is 10.3. The number of rotatable bonds is 0. The fraction of sp³-hybridized carbons (Fsp3) is 0.636. The second-order valence-electron chi connectivity index (χ2n) is 2.46. The summed E-state index contributed by atoms with van der Waals surface area (Å²) in [4.78, 5) is 6.48. The molecule has 2 nitrogen and oxygen atoms in total. The molecular formula is C11H19F3N2. The van der Waals surface area contributed by atoms with Crippen LogP contribution in [-0.4, -0.2) is 9.97 Å². The SMILES string of the molecule is CC.CC.Cc1cnc(C(F)(F)F)nc1C. The van der Waals surface area contributed by atoms with Crippen molar-refractivity contribution in [2.24, 2.45) is 0 Å². The van der Waals surface area contributed by atoms with E-state index in [-0.39, 0.29) is 0 Å². The minimum absolute atomic E-state index is 0.359. The molecule has 5 heteroatoms. The van der Waals surface area contributed by atoms with Gasteiger partial charge < -0.3 is 0 Å². The Bertz CT molecular complexity index is 296. The highest BCUT2D eigenvalue weighted by molar-refractivity contribution is 5.14. The standard InChI is InChI=1S/C7H7F3N2.2C2H6/c1-4-3-11-6(7(8,9)10)12-5(4)2;2*1-2/h3H,1-2H3;2*1-2H3. The molecule has 0 aliphatic rings. The number of hydrogen-bond donors (Lipinski definition) is 0. The Balaban J connectivity index is 0. The van der Waals surface area contributed by atoms with E-state index in [0.717, 1.165) is 0 Å². The average Bonchev–Trinajstić information content (AvgIpc) is 2.26. The summed E-state index contributed by atoms with van der Waals surface area (Å²) in [5, 5.41) is 0. The molecule has 0 atom stereocenters. The molecule has 1 aromatic heterocycles. The second-order valence-corrected chi connectivity index (χ2v) is 2.46. The van der Waals surface area contributed by atoms with E-state index >= 15 is 0 Å². The zero-order valence-corrected chi connectivity index (χ0v) is 10.6. The molecule has 0 unspecified atom stereocenters. The van der Waals surface area contributed by atoms with Gasteiger partial charge in [-0.15, -0.1) is 0 Å². The van der Waals surface area contributed by atoms with Gasteiger partial charge in [0.15, 0.2) is 0 Å². The van der Waals surface area contributed by atoms with Crippen LogP contribution in [0.3, 0.4) is 0 Å². The van der Waals surface area contributed by atoms with Crippen LogP contribution >= 0.6 is 0 Å². The maximum absolute atomic E-state index is 12.0. The zero-order valence-electron chi connectivity index (χ0n) is 10.6. The van der Waals surface area contributed by atoms with Crippen molar-refractivity contribution in [3.63, 3.8) is 0 Å². The number of aryl methyl sites for hydroxylation is 2. The number of aromatic nitrogens is 2. The van der Waals surface area contributed by atoms with Gasteiger partial charge in [-0.2, -0.15) is 13.2 Å². The quantitative estimate of drug-likeness (QED) is 0.675. The lowest BCUT2D eigenvalue weighted by Crippen LogP contribution is -2.11. The largest absolute Gasteiger partial charge is 0.451 e. The van der Waals surface area contributed by atoms with Crippen LogP contribution in [0.15, 0.2) is 6.20 Å². The Morgan fingerprint density at radius 2 is 1.44 bits per heavy atom. The minimum atomic E-state index is -4.45. The zero-order chi connectivity index (χ0) is 13.4. The van der Waals surface area contributed by atoms with Gasteiger partial charge in [-0.05, 0) is 19.4 Å². The van der Waals surface area contributed by atoms with Crippen molar-refractivity contribution in [2.45, 2.75) is 47.7 Å². The van der Waals surface area contributed by atoms with Gasteiger partial charge in [0.25, 0.3) is 0 Å².